The maximum absolute atomic E-state index is 12.8. The summed E-state index contributed by atoms with van der Waals surface area (Å²) in [5.41, 5.74) is 2.84. The number of para-hydroxylation sites is 1. The van der Waals surface area contributed by atoms with E-state index < -0.39 is 0 Å². The monoisotopic (exact) mass is 496 g/mol. The molecule has 0 fully saturated rings. The molecular weight excluding hydrogens is 476 g/mol. The van der Waals surface area contributed by atoms with Gasteiger partial charge in [0.25, 0.3) is 0 Å². The lowest BCUT2D eigenvalue weighted by Crippen LogP contribution is -2.23. The molecule has 8 heteroatoms. The molecule has 2 aromatic heterocycles. The summed E-state index contributed by atoms with van der Waals surface area (Å²) in [5, 5.41) is 12.1. The Labute approximate surface area is 193 Å². The van der Waals surface area contributed by atoms with Crippen LogP contribution in [0.2, 0.25) is 0 Å². The van der Waals surface area contributed by atoms with Gasteiger partial charge in [-0.25, -0.2) is 0 Å². The number of carbonyl (C=O) groups is 1. The van der Waals surface area contributed by atoms with Gasteiger partial charge >= 0.3 is 0 Å². The topological polar surface area (TPSA) is 73.0 Å². The van der Waals surface area contributed by atoms with Gasteiger partial charge < -0.3 is 9.73 Å². The molecule has 1 unspecified atom stereocenters. The van der Waals surface area contributed by atoms with Crippen LogP contribution in [0, 0.1) is 6.92 Å². The molecule has 0 radical (unpaired) electrons. The van der Waals surface area contributed by atoms with E-state index in [-0.39, 0.29) is 11.2 Å². The Hall–Kier alpha value is -2.84. The van der Waals surface area contributed by atoms with Crippen LogP contribution in [0.15, 0.2) is 81.0 Å². The molecule has 2 aromatic carbocycles. The van der Waals surface area contributed by atoms with E-state index in [9.17, 15) is 4.79 Å². The minimum atomic E-state index is -0.378. The van der Waals surface area contributed by atoms with Crippen molar-refractivity contribution in [3.8, 4) is 11.4 Å². The van der Waals surface area contributed by atoms with E-state index in [1.54, 1.807) is 6.26 Å². The SMILES string of the molecule is Cc1ccccc1-c1nnc(SC(C)C(=O)Nc2ccccc2Br)n1Cc1ccco1. The average molecular weight is 497 g/mol. The van der Waals surface area contributed by atoms with E-state index in [1.807, 2.05) is 79.1 Å². The predicted molar refractivity (Wildman–Crippen MR) is 126 cm³/mol. The molecule has 6 nitrogen and oxygen atoms in total. The third-order valence-corrected chi connectivity index (χ3v) is 6.55. The zero-order chi connectivity index (χ0) is 21.8. The number of aryl methyl sites for hydroxylation is 1. The molecule has 31 heavy (non-hydrogen) atoms. The highest BCUT2D eigenvalue weighted by Crippen LogP contribution is 2.30. The number of rotatable bonds is 7. The van der Waals surface area contributed by atoms with Crippen LogP contribution >= 0.6 is 27.7 Å². The molecule has 0 saturated heterocycles. The Morgan fingerprint density at radius 1 is 1.13 bits per heavy atom. The summed E-state index contributed by atoms with van der Waals surface area (Å²) < 4.78 is 8.39. The number of aromatic nitrogens is 3. The van der Waals surface area contributed by atoms with E-state index in [0.717, 1.165) is 32.9 Å². The molecule has 1 atom stereocenters. The van der Waals surface area contributed by atoms with E-state index in [4.69, 9.17) is 4.42 Å². The number of nitrogens with zero attached hydrogens (tertiary/aromatic N) is 3. The van der Waals surface area contributed by atoms with Crippen LogP contribution in [0.5, 0.6) is 0 Å². The average Bonchev–Trinajstić information content (AvgIpc) is 3.41. The summed E-state index contributed by atoms with van der Waals surface area (Å²) in [4.78, 5) is 12.8. The maximum Gasteiger partial charge on any atom is 0.237 e. The number of benzene rings is 2. The van der Waals surface area contributed by atoms with Gasteiger partial charge in [-0.3, -0.25) is 9.36 Å². The van der Waals surface area contributed by atoms with Crippen molar-refractivity contribution in [2.24, 2.45) is 0 Å². The van der Waals surface area contributed by atoms with Gasteiger partial charge in [0, 0.05) is 10.0 Å². The number of amides is 1. The number of furan rings is 1. The standard InChI is InChI=1S/C23H21BrN4O2S/c1-15-8-3-4-10-18(15)21-26-27-23(28(21)14-17-9-7-13-30-17)31-16(2)22(29)25-20-12-6-5-11-19(20)24/h3-13,16H,14H2,1-2H3,(H,25,29). The highest BCUT2D eigenvalue weighted by Gasteiger charge is 2.22. The van der Waals surface area contributed by atoms with Gasteiger partial charge in [-0.15, -0.1) is 10.2 Å². The van der Waals surface area contributed by atoms with E-state index in [0.29, 0.717) is 11.7 Å². The lowest BCUT2D eigenvalue weighted by atomic mass is 10.1. The first-order valence-corrected chi connectivity index (χ1v) is 11.4. The number of halogens is 1. The molecule has 1 N–H and O–H groups in total. The van der Waals surface area contributed by atoms with Crippen LogP contribution in [0.4, 0.5) is 5.69 Å². The quantitative estimate of drug-likeness (QED) is 0.328. The number of anilines is 1. The lowest BCUT2D eigenvalue weighted by molar-refractivity contribution is -0.115. The fourth-order valence-corrected chi connectivity index (χ4v) is 4.34. The Balaban J connectivity index is 1.61. The minimum absolute atomic E-state index is 0.109. The molecule has 0 aliphatic carbocycles. The van der Waals surface area contributed by atoms with Gasteiger partial charge in [0.15, 0.2) is 11.0 Å². The number of hydrogen-bond donors (Lipinski definition) is 1. The first-order chi connectivity index (χ1) is 15.0. The Morgan fingerprint density at radius 2 is 1.90 bits per heavy atom. The molecule has 4 aromatic rings. The van der Waals surface area contributed by atoms with Crippen LogP contribution in [0.1, 0.15) is 18.2 Å². The summed E-state index contributed by atoms with van der Waals surface area (Å²) in [6.07, 6.45) is 1.65. The molecule has 0 aliphatic heterocycles. The van der Waals surface area contributed by atoms with Gasteiger partial charge in [-0.2, -0.15) is 0 Å². The van der Waals surface area contributed by atoms with Gasteiger partial charge in [0.1, 0.15) is 5.76 Å². The molecule has 1 amide bonds. The van der Waals surface area contributed by atoms with Crippen LogP contribution in [-0.4, -0.2) is 25.9 Å². The van der Waals surface area contributed by atoms with Crippen molar-refractivity contribution in [1.29, 1.82) is 0 Å². The molecule has 0 bridgehead atoms. The van der Waals surface area contributed by atoms with Crippen molar-refractivity contribution in [3.05, 3.63) is 82.7 Å². The van der Waals surface area contributed by atoms with E-state index in [2.05, 4.69) is 31.4 Å². The van der Waals surface area contributed by atoms with Gasteiger partial charge in [-0.05, 0) is 59.6 Å². The zero-order valence-corrected chi connectivity index (χ0v) is 19.5. The fourth-order valence-electron chi connectivity index (χ4n) is 3.11. The van der Waals surface area contributed by atoms with Crippen molar-refractivity contribution in [2.45, 2.75) is 30.8 Å². The Morgan fingerprint density at radius 3 is 2.65 bits per heavy atom. The molecule has 0 spiro atoms. The number of carbonyl (C=O) groups excluding carboxylic acids is 1. The Bertz CT molecular complexity index is 1190. The van der Waals surface area contributed by atoms with E-state index >= 15 is 0 Å². The first kappa shape index (κ1) is 21.4. The summed E-state index contributed by atoms with van der Waals surface area (Å²) in [5.74, 6) is 1.43. The molecule has 4 rings (SSSR count). The second kappa shape index (κ2) is 9.53. The maximum atomic E-state index is 12.8. The lowest BCUT2D eigenvalue weighted by Gasteiger charge is -2.14. The van der Waals surface area contributed by atoms with E-state index in [1.165, 1.54) is 11.8 Å². The molecule has 158 valence electrons. The predicted octanol–water partition coefficient (Wildman–Crippen LogP) is 5.78. The van der Waals surface area contributed by atoms with Crippen molar-refractivity contribution in [2.75, 3.05) is 5.32 Å². The molecule has 0 aliphatic rings. The van der Waals surface area contributed by atoms with Crippen molar-refractivity contribution in [1.82, 2.24) is 14.8 Å². The largest absolute Gasteiger partial charge is 0.467 e. The summed E-state index contributed by atoms with van der Waals surface area (Å²) in [6.45, 7) is 4.38. The van der Waals surface area contributed by atoms with Crippen LogP contribution in [-0.2, 0) is 11.3 Å². The molecule has 2 heterocycles. The second-order valence-corrected chi connectivity index (χ2v) is 9.18. The van der Waals surface area contributed by atoms with Gasteiger partial charge in [0.05, 0.1) is 23.7 Å². The van der Waals surface area contributed by atoms with Gasteiger partial charge in [0.2, 0.25) is 5.91 Å². The third kappa shape index (κ3) is 4.91. The number of hydrogen-bond acceptors (Lipinski definition) is 5. The van der Waals surface area contributed by atoms with Crippen molar-refractivity contribution < 1.29 is 9.21 Å². The third-order valence-electron chi connectivity index (χ3n) is 4.78. The minimum Gasteiger partial charge on any atom is -0.467 e. The smallest absolute Gasteiger partial charge is 0.237 e. The number of nitrogens with one attached hydrogen (secondary N) is 1. The summed E-state index contributed by atoms with van der Waals surface area (Å²) in [7, 11) is 0. The van der Waals surface area contributed by atoms with Crippen LogP contribution < -0.4 is 5.32 Å². The molecule has 0 saturated carbocycles. The molecular formula is C23H21BrN4O2S. The van der Waals surface area contributed by atoms with Crippen molar-refractivity contribution >= 4 is 39.3 Å². The number of thioether (sulfide) groups is 1. The Kier molecular flexibility index (Phi) is 6.58. The van der Waals surface area contributed by atoms with Gasteiger partial charge in [-0.1, -0.05) is 48.2 Å². The summed E-state index contributed by atoms with van der Waals surface area (Å²) >= 11 is 4.83. The second-order valence-electron chi connectivity index (χ2n) is 7.02. The zero-order valence-electron chi connectivity index (χ0n) is 17.1. The summed E-state index contributed by atoms with van der Waals surface area (Å²) in [6, 6.07) is 19.3. The van der Waals surface area contributed by atoms with Crippen LogP contribution in [0.3, 0.4) is 0 Å². The highest BCUT2D eigenvalue weighted by molar-refractivity contribution is 9.10. The highest BCUT2D eigenvalue weighted by atomic mass is 79.9. The van der Waals surface area contributed by atoms with Crippen molar-refractivity contribution in [3.63, 3.8) is 0 Å². The first-order valence-electron chi connectivity index (χ1n) is 9.76. The fraction of sp³-hybridized carbons (Fsp3) is 0.174. The normalized spacial score (nSPS) is 12.0. The van der Waals surface area contributed by atoms with Crippen LogP contribution in [0.25, 0.3) is 11.4 Å².